The molecule has 2 aromatic rings. The van der Waals surface area contributed by atoms with Crippen molar-refractivity contribution >= 4 is 17.6 Å². The van der Waals surface area contributed by atoms with E-state index in [1.807, 2.05) is 6.07 Å². The molecule has 4 nitrogen and oxygen atoms in total. The summed E-state index contributed by atoms with van der Waals surface area (Å²) in [6.45, 7) is -0.150. The first kappa shape index (κ1) is 14.9. The Morgan fingerprint density at radius 2 is 1.86 bits per heavy atom. The molecular weight excluding hydrogens is 290 g/mol. The maximum absolute atomic E-state index is 11.6. The highest BCUT2D eigenvalue weighted by atomic mass is 35.5. The van der Waals surface area contributed by atoms with E-state index in [2.05, 4.69) is 0 Å². The number of carbonyl (C=O) groups excluding carboxylic acids is 1. The number of halogens is 1. The average molecular weight is 302 g/mol. The van der Waals surface area contributed by atoms with Gasteiger partial charge in [-0.3, -0.25) is 0 Å². The molecule has 0 aliphatic heterocycles. The number of ether oxygens (including phenoxy) is 2. The van der Waals surface area contributed by atoms with Gasteiger partial charge in [-0.2, -0.15) is 5.26 Å². The summed E-state index contributed by atoms with van der Waals surface area (Å²) in [5.74, 6) is 0.0338. The maximum atomic E-state index is 11.6. The van der Waals surface area contributed by atoms with Gasteiger partial charge in [-0.05, 0) is 30.3 Å². The number of hydrogen-bond acceptors (Lipinski definition) is 4. The van der Waals surface area contributed by atoms with Crippen LogP contribution in [0.2, 0.25) is 5.02 Å². The van der Waals surface area contributed by atoms with Crippen molar-refractivity contribution in [2.24, 2.45) is 0 Å². The van der Waals surface area contributed by atoms with Crippen molar-refractivity contribution in [3.05, 3.63) is 64.7 Å². The van der Waals surface area contributed by atoms with E-state index >= 15 is 0 Å². The lowest BCUT2D eigenvalue weighted by Crippen LogP contribution is -2.15. The zero-order chi connectivity index (χ0) is 15.1. The Balaban J connectivity index is 1.82. The monoisotopic (exact) mass is 301 g/mol. The molecule has 106 valence electrons. The van der Waals surface area contributed by atoms with Crippen LogP contribution >= 0.6 is 11.6 Å². The molecule has 0 unspecified atom stereocenters. The van der Waals surface area contributed by atoms with Crippen molar-refractivity contribution in [3.8, 4) is 11.8 Å². The van der Waals surface area contributed by atoms with Crippen molar-refractivity contribution < 1.29 is 14.3 Å². The fourth-order valence-electron chi connectivity index (χ4n) is 1.63. The Kier molecular flexibility index (Phi) is 5.19. The third-order valence-electron chi connectivity index (χ3n) is 2.70. The summed E-state index contributed by atoms with van der Waals surface area (Å²) in [5, 5.41) is 9.53. The lowest BCUT2D eigenvalue weighted by molar-refractivity contribution is -0.147. The van der Waals surface area contributed by atoms with Gasteiger partial charge in [0.1, 0.15) is 12.4 Å². The van der Waals surface area contributed by atoms with Crippen LogP contribution in [0.15, 0.2) is 48.5 Å². The van der Waals surface area contributed by atoms with Gasteiger partial charge in [-0.15, -0.1) is 0 Å². The highest BCUT2D eigenvalue weighted by Gasteiger charge is 2.07. The van der Waals surface area contributed by atoms with Gasteiger partial charge in [-0.25, -0.2) is 4.79 Å². The van der Waals surface area contributed by atoms with E-state index < -0.39 is 5.97 Å². The van der Waals surface area contributed by atoms with Crippen LogP contribution in [0.4, 0.5) is 0 Å². The summed E-state index contributed by atoms with van der Waals surface area (Å²) < 4.78 is 10.3. The fourth-order valence-corrected chi connectivity index (χ4v) is 1.75. The van der Waals surface area contributed by atoms with E-state index in [4.69, 9.17) is 26.3 Å². The third-order valence-corrected chi connectivity index (χ3v) is 2.95. The van der Waals surface area contributed by atoms with Crippen LogP contribution in [0.1, 0.15) is 11.1 Å². The summed E-state index contributed by atoms with van der Waals surface area (Å²) >= 11 is 5.75. The van der Waals surface area contributed by atoms with Crippen molar-refractivity contribution in [2.45, 2.75) is 6.61 Å². The molecule has 0 amide bonds. The van der Waals surface area contributed by atoms with Crippen LogP contribution in [-0.2, 0) is 16.1 Å². The lowest BCUT2D eigenvalue weighted by Gasteiger charge is -2.08. The highest BCUT2D eigenvalue weighted by molar-refractivity contribution is 6.30. The minimum Gasteiger partial charge on any atom is -0.482 e. The number of hydrogen-bond donors (Lipinski definition) is 0. The number of nitriles is 1. The topological polar surface area (TPSA) is 59.3 Å². The standard InChI is InChI=1S/C16H12ClNO3/c17-14-5-7-15(8-6-14)20-11-16(19)21-10-13-4-2-1-3-12(13)9-18/h1-8H,10-11H2. The quantitative estimate of drug-likeness (QED) is 0.795. The first-order valence-corrected chi connectivity index (χ1v) is 6.59. The normalized spacial score (nSPS) is 9.71. The van der Waals surface area contributed by atoms with Gasteiger partial charge in [0.25, 0.3) is 0 Å². The smallest absolute Gasteiger partial charge is 0.344 e. The zero-order valence-electron chi connectivity index (χ0n) is 11.1. The molecule has 0 aromatic heterocycles. The number of benzene rings is 2. The molecule has 2 rings (SSSR count). The molecule has 0 heterocycles. The Morgan fingerprint density at radius 1 is 1.14 bits per heavy atom. The second kappa shape index (κ2) is 7.32. The van der Waals surface area contributed by atoms with E-state index in [1.165, 1.54) is 0 Å². The van der Waals surface area contributed by atoms with Crippen molar-refractivity contribution in [2.75, 3.05) is 6.61 Å². The summed E-state index contributed by atoms with van der Waals surface area (Å²) in [5.41, 5.74) is 1.16. The van der Waals surface area contributed by atoms with Crippen LogP contribution in [0.5, 0.6) is 5.75 Å². The Bertz CT molecular complexity index is 662. The predicted molar refractivity (Wildman–Crippen MR) is 77.9 cm³/mol. The molecule has 0 aliphatic rings. The Labute approximate surface area is 127 Å². The van der Waals surface area contributed by atoms with Gasteiger partial charge < -0.3 is 9.47 Å². The van der Waals surface area contributed by atoms with Gasteiger partial charge in [0.05, 0.1) is 11.6 Å². The lowest BCUT2D eigenvalue weighted by atomic mass is 10.1. The van der Waals surface area contributed by atoms with E-state index in [0.717, 1.165) is 0 Å². The Morgan fingerprint density at radius 3 is 2.57 bits per heavy atom. The molecule has 5 heteroatoms. The van der Waals surface area contributed by atoms with Crippen LogP contribution in [0.25, 0.3) is 0 Å². The molecule has 0 atom stereocenters. The van der Waals surface area contributed by atoms with Gasteiger partial charge in [-0.1, -0.05) is 29.8 Å². The maximum Gasteiger partial charge on any atom is 0.344 e. The van der Waals surface area contributed by atoms with E-state index in [0.29, 0.717) is 21.9 Å². The highest BCUT2D eigenvalue weighted by Crippen LogP contribution is 2.15. The largest absolute Gasteiger partial charge is 0.482 e. The number of carbonyl (C=O) groups is 1. The van der Waals surface area contributed by atoms with Crippen molar-refractivity contribution in [1.82, 2.24) is 0 Å². The Hall–Kier alpha value is -2.51. The summed E-state index contributed by atoms with van der Waals surface area (Å²) in [7, 11) is 0. The summed E-state index contributed by atoms with van der Waals surface area (Å²) in [6.07, 6.45) is 0. The number of esters is 1. The minimum atomic E-state index is -0.502. The van der Waals surface area contributed by atoms with Crippen molar-refractivity contribution in [3.63, 3.8) is 0 Å². The van der Waals surface area contributed by atoms with Gasteiger partial charge in [0.15, 0.2) is 6.61 Å². The first-order chi connectivity index (χ1) is 10.2. The van der Waals surface area contributed by atoms with Crippen LogP contribution in [0, 0.1) is 11.3 Å². The second-order valence-electron chi connectivity index (χ2n) is 4.17. The van der Waals surface area contributed by atoms with Gasteiger partial charge >= 0.3 is 5.97 Å². The van der Waals surface area contributed by atoms with E-state index in [9.17, 15) is 4.79 Å². The molecule has 0 N–H and O–H groups in total. The molecule has 2 aromatic carbocycles. The average Bonchev–Trinajstić information content (AvgIpc) is 2.52. The number of nitrogens with zero attached hydrogens (tertiary/aromatic N) is 1. The first-order valence-electron chi connectivity index (χ1n) is 6.21. The molecular formula is C16H12ClNO3. The molecule has 0 saturated heterocycles. The molecule has 21 heavy (non-hydrogen) atoms. The molecule has 0 saturated carbocycles. The van der Waals surface area contributed by atoms with Gasteiger partial charge in [0.2, 0.25) is 0 Å². The molecule has 0 bridgehead atoms. The molecule has 0 fully saturated rings. The number of rotatable bonds is 5. The fraction of sp³-hybridized carbons (Fsp3) is 0.125. The molecule has 0 spiro atoms. The van der Waals surface area contributed by atoms with Crippen LogP contribution in [-0.4, -0.2) is 12.6 Å². The SMILES string of the molecule is N#Cc1ccccc1COC(=O)COc1ccc(Cl)cc1. The summed E-state index contributed by atoms with van der Waals surface area (Å²) in [4.78, 5) is 11.6. The van der Waals surface area contributed by atoms with Gasteiger partial charge in [0, 0.05) is 10.6 Å². The second-order valence-corrected chi connectivity index (χ2v) is 4.61. The summed E-state index contributed by atoms with van der Waals surface area (Å²) in [6, 6.07) is 15.7. The van der Waals surface area contributed by atoms with E-state index in [-0.39, 0.29) is 13.2 Å². The van der Waals surface area contributed by atoms with Crippen molar-refractivity contribution in [1.29, 1.82) is 5.26 Å². The third kappa shape index (κ3) is 4.51. The minimum absolute atomic E-state index is 0.0482. The van der Waals surface area contributed by atoms with Crippen LogP contribution in [0.3, 0.4) is 0 Å². The molecule has 0 aliphatic carbocycles. The predicted octanol–water partition coefficient (Wildman–Crippen LogP) is 3.33. The zero-order valence-corrected chi connectivity index (χ0v) is 11.8. The molecule has 0 radical (unpaired) electrons. The van der Waals surface area contributed by atoms with E-state index in [1.54, 1.807) is 48.5 Å². The van der Waals surface area contributed by atoms with Crippen LogP contribution < -0.4 is 4.74 Å².